The maximum Gasteiger partial charge on any atom is 0.0924 e. The van der Waals surface area contributed by atoms with Gasteiger partial charge in [-0.15, -0.1) is 0 Å². The van der Waals surface area contributed by atoms with Crippen LogP contribution in [0.5, 0.6) is 0 Å². The minimum absolute atomic E-state index is 0.181. The van der Waals surface area contributed by atoms with Crippen molar-refractivity contribution in [1.82, 2.24) is 10.2 Å². The third-order valence-corrected chi connectivity index (χ3v) is 3.68. The number of benzene rings is 1. The van der Waals surface area contributed by atoms with Gasteiger partial charge < -0.3 is 5.73 Å². The molecule has 1 heterocycles. The van der Waals surface area contributed by atoms with Crippen LogP contribution in [-0.2, 0) is 5.54 Å². The van der Waals surface area contributed by atoms with Crippen molar-refractivity contribution in [3.63, 3.8) is 0 Å². The summed E-state index contributed by atoms with van der Waals surface area (Å²) >= 11 is 0. The minimum Gasteiger partial charge on any atom is -0.320 e. The molecule has 3 rings (SSSR count). The fourth-order valence-electron chi connectivity index (χ4n) is 2.61. The van der Waals surface area contributed by atoms with Crippen molar-refractivity contribution in [2.45, 2.75) is 31.2 Å². The van der Waals surface area contributed by atoms with Crippen LogP contribution in [0.1, 0.15) is 31.4 Å². The largest absolute Gasteiger partial charge is 0.320 e. The lowest BCUT2D eigenvalue weighted by molar-refractivity contribution is 0.446. The predicted octanol–water partition coefficient (Wildman–Crippen LogP) is 2.80. The molecule has 3 N–H and O–H groups in total. The summed E-state index contributed by atoms with van der Waals surface area (Å²) in [6, 6.07) is 12.3. The van der Waals surface area contributed by atoms with E-state index in [0.717, 1.165) is 29.8 Å². The number of hydrogen-bond donors (Lipinski definition) is 2. The van der Waals surface area contributed by atoms with Crippen molar-refractivity contribution in [1.29, 1.82) is 0 Å². The van der Waals surface area contributed by atoms with Gasteiger partial charge in [0.25, 0.3) is 0 Å². The smallest absolute Gasteiger partial charge is 0.0924 e. The molecule has 2 aromatic rings. The van der Waals surface area contributed by atoms with Crippen LogP contribution in [0.3, 0.4) is 0 Å². The zero-order valence-electron chi connectivity index (χ0n) is 9.82. The van der Waals surface area contributed by atoms with Gasteiger partial charge in [0.05, 0.1) is 16.9 Å². The van der Waals surface area contributed by atoms with Crippen LogP contribution in [0.4, 0.5) is 0 Å². The first-order valence-corrected chi connectivity index (χ1v) is 6.18. The third-order valence-electron chi connectivity index (χ3n) is 3.68. The molecule has 1 saturated carbocycles. The van der Waals surface area contributed by atoms with Crippen molar-refractivity contribution in [2.24, 2.45) is 5.73 Å². The van der Waals surface area contributed by atoms with Crippen LogP contribution in [-0.4, -0.2) is 10.2 Å². The molecule has 0 unspecified atom stereocenters. The number of H-pyrrole nitrogens is 1. The summed E-state index contributed by atoms with van der Waals surface area (Å²) in [6.45, 7) is 0. The predicted molar refractivity (Wildman–Crippen MR) is 68.4 cm³/mol. The van der Waals surface area contributed by atoms with Gasteiger partial charge in [-0.3, -0.25) is 5.10 Å². The van der Waals surface area contributed by atoms with Crippen LogP contribution in [0.15, 0.2) is 36.4 Å². The molecule has 1 aliphatic rings. The van der Waals surface area contributed by atoms with E-state index in [0.29, 0.717) is 0 Å². The zero-order valence-corrected chi connectivity index (χ0v) is 9.82. The topological polar surface area (TPSA) is 54.7 Å². The summed E-state index contributed by atoms with van der Waals surface area (Å²) in [5.74, 6) is 0. The van der Waals surface area contributed by atoms with Crippen LogP contribution in [0.25, 0.3) is 11.3 Å². The summed E-state index contributed by atoms with van der Waals surface area (Å²) in [4.78, 5) is 0. The molecule has 17 heavy (non-hydrogen) atoms. The molecule has 3 heteroatoms. The number of aromatic nitrogens is 2. The molecule has 3 nitrogen and oxygen atoms in total. The van der Waals surface area contributed by atoms with Crippen molar-refractivity contribution in [3.8, 4) is 11.3 Å². The fourth-order valence-corrected chi connectivity index (χ4v) is 2.61. The molecular weight excluding hydrogens is 210 g/mol. The van der Waals surface area contributed by atoms with Crippen LogP contribution in [0.2, 0.25) is 0 Å². The highest BCUT2D eigenvalue weighted by Crippen LogP contribution is 2.36. The van der Waals surface area contributed by atoms with E-state index in [1.807, 2.05) is 18.2 Å². The summed E-state index contributed by atoms with van der Waals surface area (Å²) < 4.78 is 0. The Morgan fingerprint density at radius 3 is 2.53 bits per heavy atom. The maximum absolute atomic E-state index is 6.40. The summed E-state index contributed by atoms with van der Waals surface area (Å²) in [6.07, 6.45) is 4.55. The van der Waals surface area contributed by atoms with Crippen molar-refractivity contribution in [2.75, 3.05) is 0 Å². The van der Waals surface area contributed by atoms with E-state index >= 15 is 0 Å². The molecule has 0 spiro atoms. The van der Waals surface area contributed by atoms with E-state index in [4.69, 9.17) is 5.73 Å². The second kappa shape index (κ2) is 4.00. The molecule has 0 aliphatic heterocycles. The van der Waals surface area contributed by atoms with Crippen molar-refractivity contribution >= 4 is 0 Å². The third kappa shape index (κ3) is 1.87. The molecular formula is C14H17N3. The van der Waals surface area contributed by atoms with Crippen LogP contribution < -0.4 is 5.73 Å². The number of nitrogens with two attached hydrogens (primary N) is 1. The van der Waals surface area contributed by atoms with Gasteiger partial charge in [-0.2, -0.15) is 5.10 Å². The summed E-state index contributed by atoms with van der Waals surface area (Å²) in [5.41, 5.74) is 9.42. The van der Waals surface area contributed by atoms with Gasteiger partial charge in [0.1, 0.15) is 0 Å². The highest BCUT2D eigenvalue weighted by Gasteiger charge is 2.32. The molecule has 1 aliphatic carbocycles. The second-order valence-electron chi connectivity index (χ2n) is 4.90. The first-order chi connectivity index (χ1) is 8.28. The Bertz CT molecular complexity index is 495. The molecule has 1 fully saturated rings. The first-order valence-electron chi connectivity index (χ1n) is 6.18. The molecule has 88 valence electrons. The normalized spacial score (nSPS) is 18.4. The molecule has 0 amide bonds. The molecule has 0 bridgehead atoms. The Balaban J connectivity index is 1.93. The highest BCUT2D eigenvalue weighted by molar-refractivity contribution is 5.59. The van der Waals surface area contributed by atoms with Crippen molar-refractivity contribution in [3.05, 3.63) is 42.1 Å². The van der Waals surface area contributed by atoms with E-state index in [1.165, 1.54) is 12.8 Å². The average Bonchev–Trinajstić information content (AvgIpc) is 2.99. The van der Waals surface area contributed by atoms with Crippen molar-refractivity contribution < 1.29 is 0 Å². The molecule has 1 aromatic carbocycles. The van der Waals surface area contributed by atoms with Gasteiger partial charge in [0, 0.05) is 5.56 Å². The van der Waals surface area contributed by atoms with E-state index in [9.17, 15) is 0 Å². The molecule has 0 atom stereocenters. The number of hydrogen-bond acceptors (Lipinski definition) is 2. The summed E-state index contributed by atoms with van der Waals surface area (Å²) in [7, 11) is 0. The van der Waals surface area contributed by atoms with Gasteiger partial charge in [-0.25, -0.2) is 0 Å². The first kappa shape index (κ1) is 10.5. The highest BCUT2D eigenvalue weighted by atomic mass is 15.1. The van der Waals surface area contributed by atoms with Gasteiger partial charge >= 0.3 is 0 Å². The van der Waals surface area contributed by atoms with Gasteiger partial charge in [-0.05, 0) is 18.9 Å². The molecule has 0 radical (unpaired) electrons. The Kier molecular flexibility index (Phi) is 2.48. The number of aromatic amines is 1. The monoisotopic (exact) mass is 227 g/mol. The van der Waals surface area contributed by atoms with E-state index in [2.05, 4.69) is 28.4 Å². The molecule has 0 saturated heterocycles. The lowest BCUT2D eigenvalue weighted by Crippen LogP contribution is -2.33. The zero-order chi connectivity index (χ0) is 11.7. The van der Waals surface area contributed by atoms with Gasteiger partial charge in [0.2, 0.25) is 0 Å². The van der Waals surface area contributed by atoms with E-state index in [1.54, 1.807) is 0 Å². The Morgan fingerprint density at radius 1 is 1.12 bits per heavy atom. The lowest BCUT2D eigenvalue weighted by Gasteiger charge is -2.20. The Morgan fingerprint density at radius 2 is 1.82 bits per heavy atom. The lowest BCUT2D eigenvalue weighted by atomic mass is 9.94. The second-order valence-corrected chi connectivity index (χ2v) is 4.90. The Hall–Kier alpha value is -1.61. The standard InChI is InChI=1S/C14H17N3/c15-14(8-4-5-9-14)13-10-12(16-17-13)11-6-2-1-3-7-11/h1-3,6-7,10H,4-5,8-9,15H2,(H,16,17). The van der Waals surface area contributed by atoms with Crippen LogP contribution in [0, 0.1) is 0 Å². The molecule has 1 aromatic heterocycles. The number of rotatable bonds is 2. The van der Waals surface area contributed by atoms with E-state index in [-0.39, 0.29) is 5.54 Å². The van der Waals surface area contributed by atoms with Gasteiger partial charge in [-0.1, -0.05) is 43.2 Å². The van der Waals surface area contributed by atoms with E-state index < -0.39 is 0 Å². The quantitative estimate of drug-likeness (QED) is 0.828. The summed E-state index contributed by atoms with van der Waals surface area (Å²) in [5, 5.41) is 7.48. The maximum atomic E-state index is 6.40. The average molecular weight is 227 g/mol. The number of nitrogens with zero attached hydrogens (tertiary/aromatic N) is 1. The SMILES string of the molecule is NC1(c2cc(-c3ccccc3)n[nH]2)CCCC1. The van der Waals surface area contributed by atoms with Crippen LogP contribution >= 0.6 is 0 Å². The van der Waals surface area contributed by atoms with Gasteiger partial charge in [0.15, 0.2) is 0 Å². The number of nitrogens with one attached hydrogen (secondary N) is 1. The fraction of sp³-hybridized carbons (Fsp3) is 0.357. The Labute approximate surface area is 101 Å². The minimum atomic E-state index is -0.181.